The Balaban J connectivity index is 0.00000162. The Labute approximate surface area is 122 Å². The molecule has 19 heavy (non-hydrogen) atoms. The minimum Gasteiger partial charge on any atom is -0.321 e. The molecule has 0 atom stereocenters. The van der Waals surface area contributed by atoms with Gasteiger partial charge in [0.1, 0.15) is 0 Å². The Hall–Kier alpha value is -0.490. The highest BCUT2D eigenvalue weighted by atomic mass is 35.5. The van der Waals surface area contributed by atoms with Crippen LogP contribution in [0, 0.1) is 0 Å². The zero-order valence-electron chi connectivity index (χ0n) is 10.2. The molecular formula is C12H17Cl2F3N2. The maximum absolute atomic E-state index is 12.9. The molecule has 1 aliphatic rings. The quantitative estimate of drug-likeness (QED) is 0.835. The fraction of sp³-hybridized carbons (Fsp3) is 0.500. The van der Waals surface area contributed by atoms with E-state index in [0.29, 0.717) is 25.9 Å². The third kappa shape index (κ3) is 3.99. The Kier molecular flexibility index (Phi) is 6.62. The van der Waals surface area contributed by atoms with Crippen LogP contribution >= 0.6 is 24.8 Å². The summed E-state index contributed by atoms with van der Waals surface area (Å²) in [5, 5.41) is 3.11. The largest absolute Gasteiger partial charge is 0.416 e. The lowest BCUT2D eigenvalue weighted by Gasteiger charge is -2.36. The van der Waals surface area contributed by atoms with Gasteiger partial charge in [-0.25, -0.2) is 0 Å². The average molecular weight is 317 g/mol. The summed E-state index contributed by atoms with van der Waals surface area (Å²) in [5.74, 6) is 0. The van der Waals surface area contributed by atoms with Gasteiger partial charge in [-0.1, -0.05) is 18.2 Å². The molecule has 0 radical (unpaired) electrons. The molecule has 0 aliphatic carbocycles. The molecule has 1 fully saturated rings. The van der Waals surface area contributed by atoms with Gasteiger partial charge in [-0.2, -0.15) is 13.2 Å². The summed E-state index contributed by atoms with van der Waals surface area (Å²) in [6.07, 6.45) is -3.28. The molecule has 2 nitrogen and oxygen atoms in total. The third-order valence-electron chi connectivity index (χ3n) is 3.26. The third-order valence-corrected chi connectivity index (χ3v) is 3.26. The molecule has 1 aromatic rings. The second-order valence-electron chi connectivity index (χ2n) is 4.45. The van der Waals surface area contributed by atoms with Gasteiger partial charge in [0.05, 0.1) is 5.56 Å². The van der Waals surface area contributed by atoms with Gasteiger partial charge < -0.3 is 11.1 Å². The van der Waals surface area contributed by atoms with E-state index in [1.54, 1.807) is 6.07 Å². The second-order valence-corrected chi connectivity index (χ2v) is 4.45. The SMILES string of the molecule is Cl.Cl.NC1(c2ccccc2C(F)(F)F)CCNCC1. The number of nitrogens with two attached hydrogens (primary N) is 1. The molecule has 1 saturated heterocycles. The molecule has 3 N–H and O–H groups in total. The average Bonchev–Trinajstić information content (AvgIpc) is 2.29. The lowest BCUT2D eigenvalue weighted by atomic mass is 9.80. The first-order valence-corrected chi connectivity index (χ1v) is 5.60. The number of hydrogen-bond donors (Lipinski definition) is 2. The zero-order chi connectivity index (χ0) is 12.5. The molecule has 1 aliphatic heterocycles. The summed E-state index contributed by atoms with van der Waals surface area (Å²) in [6.45, 7) is 1.31. The summed E-state index contributed by atoms with van der Waals surface area (Å²) in [4.78, 5) is 0. The van der Waals surface area contributed by atoms with E-state index >= 15 is 0 Å². The second kappa shape index (κ2) is 6.79. The van der Waals surface area contributed by atoms with Gasteiger partial charge in [-0.3, -0.25) is 0 Å². The number of benzene rings is 1. The summed E-state index contributed by atoms with van der Waals surface area (Å²) in [5.41, 5.74) is 4.88. The first-order chi connectivity index (χ1) is 7.93. The molecular weight excluding hydrogens is 300 g/mol. The standard InChI is InChI=1S/C12H15F3N2.2ClH/c13-12(14,15)10-4-2-1-3-9(10)11(16)5-7-17-8-6-11;;/h1-4,17H,5-8,16H2;2*1H. The Morgan fingerprint density at radius 3 is 2.11 bits per heavy atom. The van der Waals surface area contributed by atoms with E-state index in [0.717, 1.165) is 6.07 Å². The van der Waals surface area contributed by atoms with Gasteiger partial charge in [-0.05, 0) is 37.6 Å². The molecule has 0 unspecified atom stereocenters. The summed E-state index contributed by atoms with van der Waals surface area (Å²) in [7, 11) is 0. The van der Waals surface area contributed by atoms with E-state index in [-0.39, 0.29) is 30.4 Å². The molecule has 0 bridgehead atoms. The van der Waals surface area contributed by atoms with Gasteiger partial charge >= 0.3 is 6.18 Å². The van der Waals surface area contributed by atoms with Gasteiger partial charge in [0.2, 0.25) is 0 Å². The van der Waals surface area contributed by atoms with Gasteiger partial charge in [0, 0.05) is 5.54 Å². The van der Waals surface area contributed by atoms with Gasteiger partial charge in [-0.15, -0.1) is 24.8 Å². The van der Waals surface area contributed by atoms with Crippen molar-refractivity contribution in [2.45, 2.75) is 24.6 Å². The van der Waals surface area contributed by atoms with Crippen molar-refractivity contribution in [2.75, 3.05) is 13.1 Å². The highest BCUT2D eigenvalue weighted by molar-refractivity contribution is 5.85. The van der Waals surface area contributed by atoms with Gasteiger partial charge in [0.25, 0.3) is 0 Å². The van der Waals surface area contributed by atoms with Crippen LogP contribution in [0.2, 0.25) is 0 Å². The molecule has 0 aromatic heterocycles. The fourth-order valence-electron chi connectivity index (χ4n) is 2.31. The van der Waals surface area contributed by atoms with Crippen LogP contribution in [-0.4, -0.2) is 13.1 Å². The van der Waals surface area contributed by atoms with Crippen molar-refractivity contribution >= 4 is 24.8 Å². The number of alkyl halides is 3. The zero-order valence-corrected chi connectivity index (χ0v) is 11.8. The minimum atomic E-state index is -4.34. The van der Waals surface area contributed by atoms with E-state index in [2.05, 4.69) is 5.32 Å². The Morgan fingerprint density at radius 1 is 1.05 bits per heavy atom. The monoisotopic (exact) mass is 316 g/mol. The van der Waals surface area contributed by atoms with Crippen molar-refractivity contribution in [1.29, 1.82) is 0 Å². The Morgan fingerprint density at radius 2 is 1.58 bits per heavy atom. The maximum Gasteiger partial charge on any atom is 0.416 e. The minimum absolute atomic E-state index is 0. The normalized spacial score (nSPS) is 18.1. The molecule has 2 rings (SSSR count). The fourth-order valence-corrected chi connectivity index (χ4v) is 2.31. The van der Waals surface area contributed by atoms with Gasteiger partial charge in [0.15, 0.2) is 0 Å². The highest BCUT2D eigenvalue weighted by Crippen LogP contribution is 2.38. The molecule has 1 aromatic carbocycles. The number of nitrogens with one attached hydrogen (secondary N) is 1. The van der Waals surface area contributed by atoms with Crippen LogP contribution in [0.1, 0.15) is 24.0 Å². The summed E-state index contributed by atoms with van der Waals surface area (Å²) in [6, 6.07) is 5.61. The predicted molar refractivity (Wildman–Crippen MR) is 73.9 cm³/mol. The van der Waals surface area contributed by atoms with Crippen molar-refractivity contribution in [3.8, 4) is 0 Å². The summed E-state index contributed by atoms with van der Waals surface area (Å²) < 4.78 is 38.7. The molecule has 0 spiro atoms. The molecule has 0 saturated carbocycles. The number of piperidine rings is 1. The van der Waals surface area contributed by atoms with Crippen LogP contribution in [0.15, 0.2) is 24.3 Å². The van der Waals surface area contributed by atoms with Crippen molar-refractivity contribution in [1.82, 2.24) is 5.32 Å². The van der Waals surface area contributed by atoms with Crippen molar-refractivity contribution < 1.29 is 13.2 Å². The molecule has 0 amide bonds. The van der Waals surface area contributed by atoms with Crippen LogP contribution in [0.25, 0.3) is 0 Å². The van der Waals surface area contributed by atoms with Crippen LogP contribution in [0.4, 0.5) is 13.2 Å². The topological polar surface area (TPSA) is 38.0 Å². The lowest BCUT2D eigenvalue weighted by molar-refractivity contribution is -0.139. The van der Waals surface area contributed by atoms with Crippen molar-refractivity contribution in [3.63, 3.8) is 0 Å². The smallest absolute Gasteiger partial charge is 0.321 e. The predicted octanol–water partition coefficient (Wildman–Crippen LogP) is 3.09. The molecule has 110 valence electrons. The highest BCUT2D eigenvalue weighted by Gasteiger charge is 2.39. The number of hydrogen-bond acceptors (Lipinski definition) is 2. The summed E-state index contributed by atoms with van der Waals surface area (Å²) >= 11 is 0. The van der Waals surface area contributed by atoms with E-state index in [4.69, 9.17) is 5.73 Å². The van der Waals surface area contributed by atoms with E-state index in [9.17, 15) is 13.2 Å². The first-order valence-electron chi connectivity index (χ1n) is 5.60. The van der Waals surface area contributed by atoms with E-state index in [1.807, 2.05) is 0 Å². The molecule has 1 heterocycles. The van der Waals surface area contributed by atoms with E-state index in [1.165, 1.54) is 12.1 Å². The lowest BCUT2D eigenvalue weighted by Crippen LogP contribution is -2.47. The maximum atomic E-state index is 12.9. The number of rotatable bonds is 1. The van der Waals surface area contributed by atoms with Crippen molar-refractivity contribution in [2.24, 2.45) is 5.73 Å². The van der Waals surface area contributed by atoms with Crippen LogP contribution in [0.5, 0.6) is 0 Å². The van der Waals surface area contributed by atoms with Crippen LogP contribution < -0.4 is 11.1 Å². The van der Waals surface area contributed by atoms with Crippen LogP contribution in [-0.2, 0) is 11.7 Å². The Bertz CT molecular complexity index is 404. The van der Waals surface area contributed by atoms with Crippen LogP contribution in [0.3, 0.4) is 0 Å². The van der Waals surface area contributed by atoms with Crippen molar-refractivity contribution in [3.05, 3.63) is 35.4 Å². The number of halogens is 5. The first kappa shape index (κ1) is 18.5. The van der Waals surface area contributed by atoms with E-state index < -0.39 is 17.3 Å². The molecule has 7 heteroatoms.